The van der Waals surface area contributed by atoms with E-state index in [0.717, 1.165) is 29.1 Å². The molecule has 5 nitrogen and oxygen atoms in total. The van der Waals surface area contributed by atoms with Crippen LogP contribution in [-0.4, -0.2) is 23.0 Å². The number of imidazole rings is 1. The fourth-order valence-electron chi connectivity index (χ4n) is 2.41. The Kier molecular flexibility index (Phi) is 4.57. The lowest BCUT2D eigenvalue weighted by atomic mass is 10.2. The molecule has 1 aromatic heterocycles. The summed E-state index contributed by atoms with van der Waals surface area (Å²) in [6.07, 6.45) is 0.879. The van der Waals surface area contributed by atoms with Crippen molar-refractivity contribution in [1.29, 1.82) is 0 Å². The van der Waals surface area contributed by atoms with Crippen molar-refractivity contribution in [2.24, 2.45) is 0 Å². The Hall–Kier alpha value is -2.82. The van der Waals surface area contributed by atoms with Crippen LogP contribution in [0.25, 0.3) is 11.0 Å². The van der Waals surface area contributed by atoms with Crippen LogP contribution in [0.5, 0.6) is 0 Å². The first-order chi connectivity index (χ1) is 11.2. The summed E-state index contributed by atoms with van der Waals surface area (Å²) in [5.74, 6) is 0.571. The number of nitrogens with one attached hydrogen (secondary N) is 2. The number of H-pyrrole nitrogens is 1. The molecule has 0 unspecified atom stereocenters. The molecule has 0 bridgehead atoms. The molecule has 0 saturated heterocycles. The molecule has 3 rings (SSSR count). The van der Waals surface area contributed by atoms with Gasteiger partial charge >= 0.3 is 5.97 Å². The third-order valence-corrected chi connectivity index (χ3v) is 3.67. The predicted molar refractivity (Wildman–Crippen MR) is 90.2 cm³/mol. The number of aromatic nitrogens is 2. The quantitative estimate of drug-likeness (QED) is 0.686. The molecule has 0 atom stereocenters. The summed E-state index contributed by atoms with van der Waals surface area (Å²) in [5, 5.41) is 3.39. The number of carbonyl (C=O) groups excluding carboxylic acids is 1. The number of fused-ring (bicyclic) bond motifs is 1. The second-order valence-corrected chi connectivity index (χ2v) is 5.33. The average Bonchev–Trinajstić information content (AvgIpc) is 3.01. The van der Waals surface area contributed by atoms with Crippen molar-refractivity contribution in [3.05, 3.63) is 59.9 Å². The number of carbonyl (C=O) groups is 1. The number of aryl methyl sites for hydroxylation is 1. The molecule has 0 aliphatic rings. The Labute approximate surface area is 134 Å². The van der Waals surface area contributed by atoms with Gasteiger partial charge < -0.3 is 15.0 Å². The molecule has 0 saturated carbocycles. The highest BCUT2D eigenvalue weighted by molar-refractivity contribution is 5.79. The van der Waals surface area contributed by atoms with E-state index in [-0.39, 0.29) is 5.97 Å². The van der Waals surface area contributed by atoms with Gasteiger partial charge in [0, 0.05) is 18.7 Å². The van der Waals surface area contributed by atoms with E-state index in [1.54, 1.807) is 0 Å². The van der Waals surface area contributed by atoms with Gasteiger partial charge in [0.2, 0.25) is 0 Å². The van der Waals surface area contributed by atoms with Crippen molar-refractivity contribution in [1.82, 2.24) is 9.97 Å². The van der Waals surface area contributed by atoms with E-state index in [9.17, 15) is 4.79 Å². The summed E-state index contributed by atoms with van der Waals surface area (Å²) in [7, 11) is 1.39. The summed E-state index contributed by atoms with van der Waals surface area (Å²) >= 11 is 0. The van der Waals surface area contributed by atoms with E-state index in [1.165, 1.54) is 12.7 Å². The van der Waals surface area contributed by atoms with E-state index < -0.39 is 0 Å². The van der Waals surface area contributed by atoms with E-state index in [1.807, 2.05) is 36.4 Å². The van der Waals surface area contributed by atoms with Crippen LogP contribution >= 0.6 is 0 Å². The second kappa shape index (κ2) is 6.96. The Balaban J connectivity index is 1.67. The minimum Gasteiger partial charge on any atom is -0.469 e. The van der Waals surface area contributed by atoms with Crippen molar-refractivity contribution in [2.75, 3.05) is 12.4 Å². The number of nitrogens with zero attached hydrogens (tertiary/aromatic N) is 1. The fraction of sp³-hybridized carbons (Fsp3) is 0.222. The Morgan fingerprint density at radius 3 is 2.83 bits per heavy atom. The fourth-order valence-corrected chi connectivity index (χ4v) is 2.41. The van der Waals surface area contributed by atoms with Crippen LogP contribution in [-0.2, 0) is 22.5 Å². The number of hydrogen-bond donors (Lipinski definition) is 2. The van der Waals surface area contributed by atoms with Gasteiger partial charge in [-0.15, -0.1) is 0 Å². The number of ether oxygens (including phenoxy) is 1. The first-order valence-corrected chi connectivity index (χ1v) is 7.58. The summed E-state index contributed by atoms with van der Waals surface area (Å²) in [6, 6.07) is 16.3. The summed E-state index contributed by atoms with van der Waals surface area (Å²) in [4.78, 5) is 19.0. The summed E-state index contributed by atoms with van der Waals surface area (Å²) < 4.78 is 4.65. The maximum atomic E-state index is 11.2. The largest absolute Gasteiger partial charge is 0.469 e. The topological polar surface area (TPSA) is 67.0 Å². The van der Waals surface area contributed by atoms with Gasteiger partial charge in [0.05, 0.1) is 24.6 Å². The maximum Gasteiger partial charge on any atom is 0.305 e. The van der Waals surface area contributed by atoms with Gasteiger partial charge in [-0.2, -0.15) is 0 Å². The molecule has 0 fully saturated rings. The third kappa shape index (κ3) is 3.88. The molecule has 23 heavy (non-hydrogen) atoms. The molecule has 3 aromatic rings. The van der Waals surface area contributed by atoms with E-state index in [2.05, 4.69) is 32.2 Å². The zero-order chi connectivity index (χ0) is 16.1. The molecule has 2 N–H and O–H groups in total. The Morgan fingerprint density at radius 1 is 1.22 bits per heavy atom. The lowest BCUT2D eigenvalue weighted by Crippen LogP contribution is -2.02. The summed E-state index contributed by atoms with van der Waals surface area (Å²) in [6.45, 7) is 0.770. The van der Waals surface area contributed by atoms with Gasteiger partial charge in [-0.3, -0.25) is 4.79 Å². The average molecular weight is 309 g/mol. The molecule has 0 aliphatic carbocycles. The van der Waals surface area contributed by atoms with Gasteiger partial charge in [-0.25, -0.2) is 4.98 Å². The first kappa shape index (κ1) is 15.1. The zero-order valence-corrected chi connectivity index (χ0v) is 13.0. The molecular formula is C18H19N3O2. The molecule has 2 aromatic carbocycles. The Bertz CT molecular complexity index is 796. The minimum atomic E-state index is -0.226. The van der Waals surface area contributed by atoms with E-state index >= 15 is 0 Å². The molecule has 118 valence electrons. The Morgan fingerprint density at radius 2 is 2.04 bits per heavy atom. The normalized spacial score (nSPS) is 10.7. The van der Waals surface area contributed by atoms with Gasteiger partial charge in [0.1, 0.15) is 5.82 Å². The van der Waals surface area contributed by atoms with Crippen LogP contribution < -0.4 is 5.32 Å². The maximum absolute atomic E-state index is 11.2. The van der Waals surface area contributed by atoms with Crippen molar-refractivity contribution >= 4 is 22.7 Å². The molecule has 0 radical (unpaired) electrons. The van der Waals surface area contributed by atoms with E-state index in [0.29, 0.717) is 12.8 Å². The number of benzene rings is 2. The number of methoxy groups -OCH3 is 1. The van der Waals surface area contributed by atoms with Crippen LogP contribution in [0.4, 0.5) is 5.69 Å². The van der Waals surface area contributed by atoms with Crippen molar-refractivity contribution in [2.45, 2.75) is 19.4 Å². The minimum absolute atomic E-state index is 0.226. The number of aromatic amines is 1. The number of anilines is 1. The number of esters is 1. The first-order valence-electron chi connectivity index (χ1n) is 7.58. The monoisotopic (exact) mass is 309 g/mol. The van der Waals surface area contributed by atoms with Gasteiger partial charge in [-0.1, -0.05) is 30.3 Å². The highest BCUT2D eigenvalue weighted by atomic mass is 16.5. The molecular weight excluding hydrogens is 290 g/mol. The molecule has 0 aliphatic heterocycles. The van der Waals surface area contributed by atoms with Crippen LogP contribution in [0.3, 0.4) is 0 Å². The summed E-state index contributed by atoms with van der Waals surface area (Å²) in [5.41, 5.74) is 4.11. The molecule has 1 heterocycles. The number of hydrogen-bond acceptors (Lipinski definition) is 4. The lowest BCUT2D eigenvalue weighted by molar-refractivity contribution is -0.140. The predicted octanol–water partition coefficient (Wildman–Crippen LogP) is 3.28. The standard InChI is InChI=1S/C18H19N3O2/c1-23-18(22)10-9-17-20-15-8-7-14(11-16(15)21-17)19-12-13-5-3-2-4-6-13/h2-8,11,19H,9-10,12H2,1H3,(H,20,21). The highest BCUT2D eigenvalue weighted by Gasteiger charge is 2.07. The van der Waals surface area contributed by atoms with Gasteiger partial charge in [0.25, 0.3) is 0 Å². The highest BCUT2D eigenvalue weighted by Crippen LogP contribution is 2.18. The van der Waals surface area contributed by atoms with Crippen LogP contribution in [0.15, 0.2) is 48.5 Å². The number of rotatable bonds is 6. The van der Waals surface area contributed by atoms with Gasteiger partial charge in [-0.05, 0) is 23.8 Å². The van der Waals surface area contributed by atoms with Crippen LogP contribution in [0.2, 0.25) is 0 Å². The smallest absolute Gasteiger partial charge is 0.305 e. The SMILES string of the molecule is COC(=O)CCc1nc2cc(NCc3ccccc3)ccc2[nH]1. The van der Waals surface area contributed by atoms with Gasteiger partial charge in [0.15, 0.2) is 0 Å². The van der Waals surface area contributed by atoms with E-state index in [4.69, 9.17) is 0 Å². The lowest BCUT2D eigenvalue weighted by Gasteiger charge is -2.06. The second-order valence-electron chi connectivity index (χ2n) is 5.33. The van der Waals surface area contributed by atoms with Crippen LogP contribution in [0, 0.1) is 0 Å². The zero-order valence-electron chi connectivity index (χ0n) is 13.0. The third-order valence-electron chi connectivity index (χ3n) is 3.67. The van der Waals surface area contributed by atoms with Crippen LogP contribution in [0.1, 0.15) is 17.8 Å². The van der Waals surface area contributed by atoms with Crippen molar-refractivity contribution in [3.8, 4) is 0 Å². The van der Waals surface area contributed by atoms with Crippen molar-refractivity contribution < 1.29 is 9.53 Å². The van der Waals surface area contributed by atoms with Crippen molar-refractivity contribution in [3.63, 3.8) is 0 Å². The molecule has 0 spiro atoms. The molecule has 0 amide bonds. The molecule has 5 heteroatoms.